The largest absolute Gasteiger partial charge is 0.453 e. The Bertz CT molecular complexity index is 1720. The Morgan fingerprint density at radius 2 is 1.07 bits per heavy atom. The van der Waals surface area contributed by atoms with Crippen molar-refractivity contribution in [2.24, 2.45) is 0 Å². The van der Waals surface area contributed by atoms with Crippen LogP contribution in [0.15, 0.2) is 89.3 Å². The summed E-state index contributed by atoms with van der Waals surface area (Å²) < 4.78 is 6.59. The first-order chi connectivity index (χ1) is 13.9. The van der Waals surface area contributed by atoms with Crippen LogP contribution in [0.1, 0.15) is 0 Å². The van der Waals surface area contributed by atoms with Crippen molar-refractivity contribution >= 4 is 65.3 Å². The number of rotatable bonds is 0. The molecule has 0 aliphatic heterocycles. The van der Waals surface area contributed by atoms with Crippen LogP contribution in [0.5, 0.6) is 0 Å². The summed E-state index contributed by atoms with van der Waals surface area (Å²) >= 11 is 0. The van der Waals surface area contributed by atoms with Gasteiger partial charge in [0.15, 0.2) is 5.58 Å². The molecule has 0 spiro atoms. The van der Waals surface area contributed by atoms with Gasteiger partial charge in [0.1, 0.15) is 5.58 Å². The van der Waals surface area contributed by atoms with E-state index in [2.05, 4.69) is 89.9 Å². The highest BCUT2D eigenvalue weighted by molar-refractivity contribution is 6.32. The number of furan rings is 1. The van der Waals surface area contributed by atoms with E-state index in [-0.39, 0.29) is 0 Å². The van der Waals surface area contributed by atoms with Crippen molar-refractivity contribution in [3.05, 3.63) is 84.9 Å². The molecule has 0 unspecified atom stereocenters. The number of fused-ring (bicyclic) bond motifs is 12. The number of nitrogens with one attached hydrogen (secondary N) is 1. The molecular weight excluding hydrogens is 342 g/mol. The molecule has 130 valence electrons. The van der Waals surface area contributed by atoms with Crippen LogP contribution >= 0.6 is 0 Å². The number of hydrogen-bond acceptors (Lipinski definition) is 1. The number of benzene rings is 5. The second kappa shape index (κ2) is 4.93. The quantitative estimate of drug-likeness (QED) is 0.279. The number of aromatic nitrogens is 1. The maximum Gasteiger partial charge on any atom is 0.159 e. The van der Waals surface area contributed by atoms with E-state index in [4.69, 9.17) is 4.42 Å². The molecule has 2 heteroatoms. The van der Waals surface area contributed by atoms with E-state index >= 15 is 0 Å². The van der Waals surface area contributed by atoms with Crippen molar-refractivity contribution in [1.29, 1.82) is 0 Å². The summed E-state index contributed by atoms with van der Waals surface area (Å²) in [7, 11) is 0. The van der Waals surface area contributed by atoms with Gasteiger partial charge in [-0.2, -0.15) is 0 Å². The van der Waals surface area contributed by atoms with Crippen molar-refractivity contribution < 1.29 is 4.42 Å². The summed E-state index contributed by atoms with van der Waals surface area (Å²) in [6.07, 6.45) is 0. The maximum atomic E-state index is 6.59. The van der Waals surface area contributed by atoms with Crippen LogP contribution in [0.2, 0.25) is 0 Å². The summed E-state index contributed by atoms with van der Waals surface area (Å²) in [4.78, 5) is 3.58. The van der Waals surface area contributed by atoms with E-state index in [1.165, 1.54) is 32.3 Å². The maximum absolute atomic E-state index is 6.59. The van der Waals surface area contributed by atoms with E-state index in [1.807, 2.05) is 0 Å². The second-order valence-corrected chi connectivity index (χ2v) is 7.43. The smallest absolute Gasteiger partial charge is 0.159 e. The van der Waals surface area contributed by atoms with E-state index in [1.54, 1.807) is 0 Å². The lowest BCUT2D eigenvalue weighted by Crippen LogP contribution is -1.79. The predicted molar refractivity (Wildman–Crippen MR) is 118 cm³/mol. The molecule has 2 aromatic heterocycles. The summed E-state index contributed by atoms with van der Waals surface area (Å²) in [5.74, 6) is 0. The van der Waals surface area contributed by atoms with Crippen LogP contribution in [0, 0.1) is 0 Å². The molecule has 0 aliphatic rings. The fourth-order valence-electron chi connectivity index (χ4n) is 4.78. The van der Waals surface area contributed by atoms with Crippen molar-refractivity contribution in [1.82, 2.24) is 4.98 Å². The fourth-order valence-corrected chi connectivity index (χ4v) is 4.78. The number of aromatic amines is 1. The third-order valence-corrected chi connectivity index (χ3v) is 5.99. The molecule has 0 amide bonds. The van der Waals surface area contributed by atoms with Crippen LogP contribution in [0.3, 0.4) is 0 Å². The third kappa shape index (κ3) is 1.64. The average Bonchev–Trinajstić information content (AvgIpc) is 3.33. The predicted octanol–water partition coefficient (Wildman–Crippen LogP) is 7.53. The number of H-pyrrole nitrogens is 1. The molecule has 0 aliphatic carbocycles. The van der Waals surface area contributed by atoms with Gasteiger partial charge in [-0.05, 0) is 28.3 Å². The molecule has 0 saturated heterocycles. The lowest BCUT2D eigenvalue weighted by molar-refractivity contribution is 0.676. The summed E-state index contributed by atoms with van der Waals surface area (Å²) in [5, 5.41) is 9.70. The van der Waals surface area contributed by atoms with Crippen molar-refractivity contribution in [2.75, 3.05) is 0 Å². The van der Waals surface area contributed by atoms with Gasteiger partial charge in [-0.3, -0.25) is 0 Å². The topological polar surface area (TPSA) is 28.9 Å². The Labute approximate surface area is 160 Å². The first-order valence-electron chi connectivity index (χ1n) is 9.55. The Balaban J connectivity index is 1.82. The zero-order valence-corrected chi connectivity index (χ0v) is 15.0. The van der Waals surface area contributed by atoms with Gasteiger partial charge in [-0.25, -0.2) is 0 Å². The molecular formula is C26H15NO. The summed E-state index contributed by atoms with van der Waals surface area (Å²) in [6, 6.07) is 30.0. The molecule has 5 aromatic carbocycles. The molecule has 0 atom stereocenters. The van der Waals surface area contributed by atoms with Crippen LogP contribution in [-0.2, 0) is 0 Å². The lowest BCUT2D eigenvalue weighted by atomic mass is 9.97. The highest BCUT2D eigenvalue weighted by atomic mass is 16.3. The first-order valence-corrected chi connectivity index (χ1v) is 9.55. The monoisotopic (exact) mass is 357 g/mol. The lowest BCUT2D eigenvalue weighted by Gasteiger charge is -2.05. The van der Waals surface area contributed by atoms with Crippen molar-refractivity contribution in [2.45, 2.75) is 0 Å². The molecule has 1 N–H and O–H groups in total. The van der Waals surface area contributed by atoms with Gasteiger partial charge >= 0.3 is 0 Å². The number of hydrogen-bond donors (Lipinski definition) is 1. The first kappa shape index (κ1) is 14.3. The molecule has 2 heterocycles. The second-order valence-electron chi connectivity index (χ2n) is 7.43. The minimum atomic E-state index is 0.935. The van der Waals surface area contributed by atoms with Gasteiger partial charge in [-0.15, -0.1) is 0 Å². The standard InChI is InChI=1S/C26H15NO/c1-3-10-18-15(7-1)16-8-2-4-11-20(16)25-23(18)21-14-13-19-17-9-5-6-12-22(17)27-24(19)26(21)28-25/h1-14,27H. The van der Waals surface area contributed by atoms with Gasteiger partial charge in [0.2, 0.25) is 0 Å². The highest BCUT2D eigenvalue weighted by Crippen LogP contribution is 2.43. The molecule has 0 bridgehead atoms. The van der Waals surface area contributed by atoms with E-state index in [9.17, 15) is 0 Å². The Kier molecular flexibility index (Phi) is 2.52. The summed E-state index contributed by atoms with van der Waals surface area (Å²) in [5.41, 5.74) is 4.11. The normalized spacial score (nSPS) is 12.3. The summed E-state index contributed by atoms with van der Waals surface area (Å²) in [6.45, 7) is 0. The van der Waals surface area contributed by atoms with E-state index < -0.39 is 0 Å². The average molecular weight is 357 g/mol. The van der Waals surface area contributed by atoms with Crippen LogP contribution in [0.4, 0.5) is 0 Å². The molecule has 2 nitrogen and oxygen atoms in total. The Hall–Kier alpha value is -3.78. The molecule has 28 heavy (non-hydrogen) atoms. The van der Waals surface area contributed by atoms with Gasteiger partial charge in [0, 0.05) is 32.4 Å². The van der Waals surface area contributed by atoms with Crippen molar-refractivity contribution in [3.63, 3.8) is 0 Å². The van der Waals surface area contributed by atoms with Gasteiger partial charge < -0.3 is 9.40 Å². The Morgan fingerprint density at radius 1 is 0.464 bits per heavy atom. The zero-order valence-electron chi connectivity index (χ0n) is 15.0. The zero-order chi connectivity index (χ0) is 18.2. The molecule has 7 aromatic rings. The minimum absolute atomic E-state index is 0.935. The van der Waals surface area contributed by atoms with E-state index in [0.29, 0.717) is 0 Å². The molecule has 0 radical (unpaired) electrons. The van der Waals surface area contributed by atoms with Gasteiger partial charge in [-0.1, -0.05) is 72.8 Å². The van der Waals surface area contributed by atoms with Crippen LogP contribution in [0.25, 0.3) is 65.3 Å². The van der Waals surface area contributed by atoms with Gasteiger partial charge in [0.25, 0.3) is 0 Å². The minimum Gasteiger partial charge on any atom is -0.453 e. The SMILES string of the molecule is c1ccc2c(c1)[nH]c1c2ccc2c1oc1c3ccccc3c3ccccc3c21. The molecule has 7 rings (SSSR count). The Morgan fingerprint density at radius 3 is 1.89 bits per heavy atom. The van der Waals surface area contributed by atoms with Crippen LogP contribution < -0.4 is 0 Å². The van der Waals surface area contributed by atoms with Crippen molar-refractivity contribution in [3.8, 4) is 0 Å². The highest BCUT2D eigenvalue weighted by Gasteiger charge is 2.18. The molecule has 0 saturated carbocycles. The molecule has 0 fully saturated rings. The fraction of sp³-hybridized carbons (Fsp3) is 0. The van der Waals surface area contributed by atoms with Gasteiger partial charge in [0.05, 0.1) is 5.52 Å². The van der Waals surface area contributed by atoms with E-state index in [0.717, 1.165) is 33.0 Å². The number of para-hydroxylation sites is 1. The third-order valence-electron chi connectivity index (χ3n) is 5.99. The van der Waals surface area contributed by atoms with Crippen LogP contribution in [-0.4, -0.2) is 4.98 Å².